The van der Waals surface area contributed by atoms with Gasteiger partial charge in [-0.1, -0.05) is 40.5 Å². The van der Waals surface area contributed by atoms with Crippen molar-refractivity contribution < 1.29 is 0 Å². The molecule has 1 heterocycles. The molecule has 3 unspecified atom stereocenters. The number of rotatable bonds is 2. The summed E-state index contributed by atoms with van der Waals surface area (Å²) in [6, 6.07) is 8.26. The third-order valence-electron chi connectivity index (χ3n) is 5.07. The molecule has 2 aromatic rings. The molecule has 0 aliphatic heterocycles. The smallest absolute Gasteiger partial charge is 0.153 e. The average molecular weight is 332 g/mol. The quantitative estimate of drug-likeness (QED) is 0.860. The standard InChI is InChI=1S/C16H18BrN3/c17-13-4-2-1-3-11(13)14-15(19-20-16(14)18)12-8-9-5-6-10(12)7-9/h1-4,9-10,12H,5-8H2,(H3,18,19,20). The van der Waals surface area contributed by atoms with Gasteiger partial charge in [-0.2, -0.15) is 5.10 Å². The van der Waals surface area contributed by atoms with Crippen molar-refractivity contribution in [2.45, 2.75) is 31.6 Å². The van der Waals surface area contributed by atoms with Crippen molar-refractivity contribution in [2.75, 3.05) is 5.73 Å². The molecule has 0 radical (unpaired) electrons. The van der Waals surface area contributed by atoms with Crippen molar-refractivity contribution in [2.24, 2.45) is 11.8 Å². The summed E-state index contributed by atoms with van der Waals surface area (Å²) in [6.07, 6.45) is 5.46. The Morgan fingerprint density at radius 1 is 1.20 bits per heavy atom. The Kier molecular flexibility index (Phi) is 2.88. The van der Waals surface area contributed by atoms with Crippen LogP contribution in [0.2, 0.25) is 0 Å². The zero-order valence-corrected chi connectivity index (χ0v) is 12.9. The first-order valence-electron chi connectivity index (χ1n) is 7.32. The maximum Gasteiger partial charge on any atom is 0.153 e. The molecular weight excluding hydrogens is 314 g/mol. The zero-order valence-electron chi connectivity index (χ0n) is 11.3. The van der Waals surface area contributed by atoms with Gasteiger partial charge in [0.2, 0.25) is 0 Å². The van der Waals surface area contributed by atoms with Crippen LogP contribution in [0.5, 0.6) is 0 Å². The second-order valence-electron chi connectivity index (χ2n) is 6.16. The van der Waals surface area contributed by atoms with Gasteiger partial charge in [-0.3, -0.25) is 5.10 Å². The number of H-pyrrole nitrogens is 1. The third-order valence-corrected chi connectivity index (χ3v) is 5.77. The number of fused-ring (bicyclic) bond motifs is 2. The molecule has 104 valence electrons. The van der Waals surface area contributed by atoms with Gasteiger partial charge in [-0.15, -0.1) is 0 Å². The van der Waals surface area contributed by atoms with Gasteiger partial charge in [0.1, 0.15) is 0 Å². The Morgan fingerprint density at radius 2 is 2.05 bits per heavy atom. The van der Waals surface area contributed by atoms with Crippen LogP contribution in [-0.2, 0) is 0 Å². The topological polar surface area (TPSA) is 54.7 Å². The lowest BCUT2D eigenvalue weighted by atomic mass is 9.84. The lowest BCUT2D eigenvalue weighted by molar-refractivity contribution is 0.413. The van der Waals surface area contributed by atoms with Gasteiger partial charge in [0.25, 0.3) is 0 Å². The molecule has 20 heavy (non-hydrogen) atoms. The fourth-order valence-corrected chi connectivity index (χ4v) is 4.67. The highest BCUT2D eigenvalue weighted by molar-refractivity contribution is 9.10. The molecule has 0 spiro atoms. The van der Waals surface area contributed by atoms with Gasteiger partial charge in [-0.05, 0) is 37.2 Å². The highest BCUT2D eigenvalue weighted by Crippen LogP contribution is 2.54. The normalized spacial score (nSPS) is 28.1. The summed E-state index contributed by atoms with van der Waals surface area (Å²) in [5, 5.41) is 7.52. The van der Waals surface area contributed by atoms with Crippen LogP contribution in [0.3, 0.4) is 0 Å². The molecule has 3 N–H and O–H groups in total. The molecule has 2 aliphatic rings. The Morgan fingerprint density at radius 3 is 2.75 bits per heavy atom. The molecule has 1 aromatic heterocycles. The first-order valence-corrected chi connectivity index (χ1v) is 8.12. The van der Waals surface area contributed by atoms with E-state index in [-0.39, 0.29) is 0 Å². The van der Waals surface area contributed by atoms with E-state index in [4.69, 9.17) is 5.73 Å². The molecular formula is C16H18BrN3. The number of nitrogens with zero attached hydrogens (tertiary/aromatic N) is 1. The first-order chi connectivity index (χ1) is 9.74. The summed E-state index contributed by atoms with van der Waals surface area (Å²) >= 11 is 3.64. The van der Waals surface area contributed by atoms with Crippen LogP contribution in [0.1, 0.15) is 37.3 Å². The van der Waals surface area contributed by atoms with Crippen LogP contribution >= 0.6 is 15.9 Å². The van der Waals surface area contributed by atoms with Crippen LogP contribution in [0.4, 0.5) is 5.82 Å². The molecule has 3 nitrogen and oxygen atoms in total. The maximum absolute atomic E-state index is 6.14. The summed E-state index contributed by atoms with van der Waals surface area (Å²) in [5.41, 5.74) is 9.65. The van der Waals surface area contributed by atoms with Crippen LogP contribution in [0.25, 0.3) is 11.1 Å². The minimum absolute atomic E-state index is 0.612. The van der Waals surface area contributed by atoms with E-state index in [1.54, 1.807) is 0 Å². The van der Waals surface area contributed by atoms with Crippen LogP contribution in [-0.4, -0.2) is 10.2 Å². The van der Waals surface area contributed by atoms with Crippen molar-refractivity contribution in [3.05, 3.63) is 34.4 Å². The number of aromatic amines is 1. The Bertz CT molecular complexity index is 649. The average Bonchev–Trinajstić information content (AvgIpc) is 3.14. The molecule has 2 saturated carbocycles. The number of benzene rings is 1. The van der Waals surface area contributed by atoms with E-state index in [1.165, 1.54) is 31.4 Å². The van der Waals surface area contributed by atoms with Gasteiger partial charge in [0, 0.05) is 27.2 Å². The summed E-state index contributed by atoms with van der Waals surface area (Å²) in [6.45, 7) is 0. The predicted molar refractivity (Wildman–Crippen MR) is 84.3 cm³/mol. The van der Waals surface area contributed by atoms with E-state index in [9.17, 15) is 0 Å². The molecule has 1 aromatic carbocycles. The second-order valence-corrected chi connectivity index (χ2v) is 7.01. The minimum atomic E-state index is 0.612. The molecule has 2 fully saturated rings. The highest BCUT2D eigenvalue weighted by Gasteiger charge is 2.42. The van der Waals surface area contributed by atoms with Crippen LogP contribution in [0, 0.1) is 11.8 Å². The number of nitrogens with one attached hydrogen (secondary N) is 1. The first kappa shape index (κ1) is 12.5. The monoisotopic (exact) mass is 331 g/mol. The largest absolute Gasteiger partial charge is 0.382 e. The molecule has 3 atom stereocenters. The van der Waals surface area contributed by atoms with Crippen molar-refractivity contribution in [1.82, 2.24) is 10.2 Å². The minimum Gasteiger partial charge on any atom is -0.382 e. The fraction of sp³-hybridized carbons (Fsp3) is 0.438. The van der Waals surface area contributed by atoms with Crippen LogP contribution < -0.4 is 5.73 Å². The Labute approximate surface area is 127 Å². The summed E-state index contributed by atoms with van der Waals surface area (Å²) in [4.78, 5) is 0. The Hall–Kier alpha value is -1.29. The second kappa shape index (κ2) is 4.62. The van der Waals surface area contributed by atoms with E-state index in [2.05, 4.69) is 44.3 Å². The summed E-state index contributed by atoms with van der Waals surface area (Å²) in [5.74, 6) is 2.97. The van der Waals surface area contributed by atoms with Crippen molar-refractivity contribution in [1.29, 1.82) is 0 Å². The summed E-state index contributed by atoms with van der Waals surface area (Å²) in [7, 11) is 0. The van der Waals surface area contributed by atoms with Crippen molar-refractivity contribution >= 4 is 21.7 Å². The third kappa shape index (κ3) is 1.81. The predicted octanol–water partition coefficient (Wildman–Crippen LogP) is 4.33. The van der Waals surface area contributed by atoms with Crippen molar-refractivity contribution in [3.63, 3.8) is 0 Å². The number of hydrogen-bond acceptors (Lipinski definition) is 2. The van der Waals surface area contributed by atoms with Crippen LogP contribution in [0.15, 0.2) is 28.7 Å². The number of nitrogen functional groups attached to an aromatic ring is 1. The zero-order chi connectivity index (χ0) is 13.7. The van der Waals surface area contributed by atoms with Gasteiger partial charge >= 0.3 is 0 Å². The van der Waals surface area contributed by atoms with E-state index in [0.717, 1.165) is 27.4 Å². The SMILES string of the molecule is Nc1n[nH]c(C2CC3CCC2C3)c1-c1ccccc1Br. The molecule has 0 saturated heterocycles. The number of nitrogens with two attached hydrogens (primary N) is 1. The van der Waals surface area contributed by atoms with Gasteiger partial charge in [0.05, 0.1) is 0 Å². The lowest BCUT2D eigenvalue weighted by Crippen LogP contribution is -2.10. The summed E-state index contributed by atoms with van der Waals surface area (Å²) < 4.78 is 1.08. The van der Waals surface area contributed by atoms with E-state index in [0.29, 0.717) is 11.7 Å². The van der Waals surface area contributed by atoms with Gasteiger partial charge in [0.15, 0.2) is 5.82 Å². The van der Waals surface area contributed by atoms with E-state index >= 15 is 0 Å². The van der Waals surface area contributed by atoms with Gasteiger partial charge < -0.3 is 5.73 Å². The number of aromatic nitrogens is 2. The molecule has 0 amide bonds. The lowest BCUT2D eigenvalue weighted by Gasteiger charge is -2.22. The number of anilines is 1. The Balaban J connectivity index is 1.81. The van der Waals surface area contributed by atoms with E-state index < -0.39 is 0 Å². The van der Waals surface area contributed by atoms with E-state index in [1.807, 2.05) is 6.07 Å². The molecule has 4 heteroatoms. The maximum atomic E-state index is 6.14. The highest BCUT2D eigenvalue weighted by atomic mass is 79.9. The number of halogens is 1. The number of hydrogen-bond donors (Lipinski definition) is 2. The van der Waals surface area contributed by atoms with Crippen molar-refractivity contribution in [3.8, 4) is 11.1 Å². The van der Waals surface area contributed by atoms with Gasteiger partial charge in [-0.25, -0.2) is 0 Å². The molecule has 4 rings (SSSR count). The molecule has 2 bridgehead atoms. The fourth-order valence-electron chi connectivity index (χ4n) is 4.18. The molecule has 2 aliphatic carbocycles.